The van der Waals surface area contributed by atoms with Gasteiger partial charge in [-0.2, -0.15) is 0 Å². The van der Waals surface area contributed by atoms with E-state index in [-0.39, 0.29) is 5.91 Å². The molecule has 0 aliphatic carbocycles. The predicted octanol–water partition coefficient (Wildman–Crippen LogP) is 0.688. The molecule has 0 unspecified atom stereocenters. The maximum atomic E-state index is 11.2. The van der Waals surface area contributed by atoms with Crippen LogP contribution in [-0.2, 0) is 11.3 Å². The van der Waals surface area contributed by atoms with Crippen molar-refractivity contribution in [1.82, 2.24) is 9.80 Å². The molecule has 2 N–H and O–H groups in total. The number of carbonyl (C=O) groups excluding carboxylic acids is 1. The molecule has 0 bridgehead atoms. The lowest BCUT2D eigenvalue weighted by atomic mass is 10.2. The van der Waals surface area contributed by atoms with Crippen LogP contribution in [0.15, 0.2) is 24.3 Å². The molecule has 5 nitrogen and oxygen atoms in total. The second-order valence-electron chi connectivity index (χ2n) is 5.04. The average Bonchev–Trinajstić information content (AvgIpc) is 2.48. The molecule has 110 valence electrons. The summed E-state index contributed by atoms with van der Waals surface area (Å²) < 4.78 is 5.72. The molecule has 1 fully saturated rings. The van der Waals surface area contributed by atoms with Crippen LogP contribution in [0.5, 0.6) is 5.75 Å². The first-order valence-electron chi connectivity index (χ1n) is 7.08. The van der Waals surface area contributed by atoms with Gasteiger partial charge in [0.2, 0.25) is 5.91 Å². The Balaban J connectivity index is 1.67. The smallest absolute Gasteiger partial charge is 0.219 e. The van der Waals surface area contributed by atoms with Gasteiger partial charge in [0.05, 0.1) is 0 Å². The molecular formula is C15H23N3O2. The van der Waals surface area contributed by atoms with Crippen molar-refractivity contribution < 1.29 is 9.53 Å². The quantitative estimate of drug-likeness (QED) is 0.860. The normalized spacial score (nSPS) is 16.2. The van der Waals surface area contributed by atoms with Crippen LogP contribution in [0.1, 0.15) is 12.5 Å². The first kappa shape index (κ1) is 14.8. The Labute approximate surface area is 120 Å². The predicted molar refractivity (Wildman–Crippen MR) is 78.5 cm³/mol. The molecule has 5 heteroatoms. The van der Waals surface area contributed by atoms with Crippen molar-refractivity contribution >= 4 is 5.91 Å². The molecule has 1 aromatic rings. The lowest BCUT2D eigenvalue weighted by Crippen LogP contribution is -2.48. The van der Waals surface area contributed by atoms with Gasteiger partial charge in [0, 0.05) is 46.2 Å². The summed E-state index contributed by atoms with van der Waals surface area (Å²) in [6.07, 6.45) is 0. The van der Waals surface area contributed by atoms with Gasteiger partial charge in [0.25, 0.3) is 0 Å². The number of rotatable bonds is 5. The fraction of sp³-hybridized carbons (Fsp3) is 0.533. The third-order valence-corrected chi connectivity index (χ3v) is 3.65. The van der Waals surface area contributed by atoms with Crippen molar-refractivity contribution in [3.05, 3.63) is 29.8 Å². The van der Waals surface area contributed by atoms with E-state index in [2.05, 4.69) is 4.90 Å². The first-order chi connectivity index (χ1) is 9.69. The summed E-state index contributed by atoms with van der Waals surface area (Å²) in [5, 5.41) is 0. The molecule has 0 spiro atoms. The number of benzene rings is 1. The third-order valence-electron chi connectivity index (χ3n) is 3.65. The zero-order valence-electron chi connectivity index (χ0n) is 12.0. The van der Waals surface area contributed by atoms with Gasteiger partial charge in [-0.15, -0.1) is 0 Å². The summed E-state index contributed by atoms with van der Waals surface area (Å²) in [6.45, 7) is 7.24. The molecule has 1 aliphatic rings. The van der Waals surface area contributed by atoms with Crippen LogP contribution in [-0.4, -0.2) is 55.0 Å². The van der Waals surface area contributed by atoms with Crippen molar-refractivity contribution in [3.63, 3.8) is 0 Å². The Hall–Kier alpha value is -1.59. The molecule has 0 saturated carbocycles. The molecule has 0 radical (unpaired) electrons. The maximum Gasteiger partial charge on any atom is 0.219 e. The van der Waals surface area contributed by atoms with Gasteiger partial charge in [0.15, 0.2) is 0 Å². The van der Waals surface area contributed by atoms with Crippen LogP contribution in [0.2, 0.25) is 0 Å². The Morgan fingerprint density at radius 3 is 2.40 bits per heavy atom. The fourth-order valence-electron chi connectivity index (χ4n) is 2.30. The van der Waals surface area contributed by atoms with E-state index < -0.39 is 0 Å². The summed E-state index contributed by atoms with van der Waals surface area (Å²) in [4.78, 5) is 15.4. The van der Waals surface area contributed by atoms with E-state index in [0.29, 0.717) is 13.2 Å². The van der Waals surface area contributed by atoms with Crippen molar-refractivity contribution in [3.8, 4) is 5.75 Å². The summed E-state index contributed by atoms with van der Waals surface area (Å²) in [5.74, 6) is 1.05. The number of amides is 1. The number of nitrogens with two attached hydrogens (primary N) is 1. The molecular weight excluding hydrogens is 254 g/mol. The summed E-state index contributed by atoms with van der Waals surface area (Å²) in [5.41, 5.74) is 6.66. The van der Waals surface area contributed by atoms with Gasteiger partial charge >= 0.3 is 0 Å². The zero-order valence-corrected chi connectivity index (χ0v) is 12.0. The molecule has 1 saturated heterocycles. The van der Waals surface area contributed by atoms with Gasteiger partial charge < -0.3 is 15.4 Å². The number of carbonyl (C=O) groups is 1. The molecule has 1 amide bonds. The van der Waals surface area contributed by atoms with Crippen LogP contribution in [0.25, 0.3) is 0 Å². The highest BCUT2D eigenvalue weighted by atomic mass is 16.5. The molecule has 20 heavy (non-hydrogen) atoms. The van der Waals surface area contributed by atoms with Crippen molar-refractivity contribution in [2.75, 3.05) is 39.3 Å². The minimum absolute atomic E-state index is 0.167. The van der Waals surface area contributed by atoms with Gasteiger partial charge in [-0.3, -0.25) is 9.69 Å². The van der Waals surface area contributed by atoms with Gasteiger partial charge in [-0.05, 0) is 17.7 Å². The van der Waals surface area contributed by atoms with E-state index in [1.54, 1.807) is 6.92 Å². The van der Waals surface area contributed by atoms with E-state index in [9.17, 15) is 4.79 Å². The molecule has 1 aliphatic heterocycles. The number of hydrogen-bond acceptors (Lipinski definition) is 4. The number of piperazine rings is 1. The topological polar surface area (TPSA) is 58.8 Å². The van der Waals surface area contributed by atoms with Gasteiger partial charge in [-0.1, -0.05) is 12.1 Å². The van der Waals surface area contributed by atoms with E-state index in [4.69, 9.17) is 10.5 Å². The molecule has 0 atom stereocenters. The Morgan fingerprint density at radius 1 is 1.20 bits per heavy atom. The van der Waals surface area contributed by atoms with E-state index in [1.807, 2.05) is 29.2 Å². The van der Waals surface area contributed by atoms with Crippen molar-refractivity contribution in [2.45, 2.75) is 13.5 Å². The molecule has 1 heterocycles. The Morgan fingerprint density at radius 2 is 1.85 bits per heavy atom. The average molecular weight is 277 g/mol. The number of hydrogen-bond donors (Lipinski definition) is 1. The van der Waals surface area contributed by atoms with Crippen molar-refractivity contribution in [2.24, 2.45) is 5.73 Å². The number of nitrogens with zero attached hydrogens (tertiary/aromatic N) is 2. The Bertz CT molecular complexity index is 425. The van der Waals surface area contributed by atoms with Gasteiger partial charge in [0.1, 0.15) is 12.4 Å². The largest absolute Gasteiger partial charge is 0.492 e. The monoisotopic (exact) mass is 277 g/mol. The van der Waals surface area contributed by atoms with Gasteiger partial charge in [-0.25, -0.2) is 0 Å². The summed E-state index contributed by atoms with van der Waals surface area (Å²) >= 11 is 0. The minimum atomic E-state index is 0.167. The van der Waals surface area contributed by atoms with E-state index >= 15 is 0 Å². The highest BCUT2D eigenvalue weighted by Crippen LogP contribution is 2.12. The standard InChI is InChI=1S/C15H23N3O2/c1-13(19)18-8-6-17(7-9-18)10-11-20-15-4-2-14(12-16)3-5-15/h2-5H,6-12,16H2,1H3. The highest BCUT2D eigenvalue weighted by Gasteiger charge is 2.17. The SMILES string of the molecule is CC(=O)N1CCN(CCOc2ccc(CN)cc2)CC1. The lowest BCUT2D eigenvalue weighted by molar-refractivity contribution is -0.130. The highest BCUT2D eigenvalue weighted by molar-refractivity contribution is 5.73. The molecule has 2 rings (SSSR count). The molecule has 0 aromatic heterocycles. The van der Waals surface area contributed by atoms with Crippen LogP contribution >= 0.6 is 0 Å². The molecule has 1 aromatic carbocycles. The number of ether oxygens (including phenoxy) is 1. The van der Waals surface area contributed by atoms with E-state index in [0.717, 1.165) is 44.0 Å². The second kappa shape index (κ2) is 7.26. The fourth-order valence-corrected chi connectivity index (χ4v) is 2.30. The third kappa shape index (κ3) is 4.21. The van der Waals surface area contributed by atoms with E-state index in [1.165, 1.54) is 0 Å². The van der Waals surface area contributed by atoms with Crippen LogP contribution in [0.4, 0.5) is 0 Å². The van der Waals surface area contributed by atoms with Crippen LogP contribution in [0, 0.1) is 0 Å². The summed E-state index contributed by atoms with van der Waals surface area (Å²) in [7, 11) is 0. The second-order valence-corrected chi connectivity index (χ2v) is 5.04. The first-order valence-corrected chi connectivity index (χ1v) is 7.08. The van der Waals surface area contributed by atoms with Crippen molar-refractivity contribution in [1.29, 1.82) is 0 Å². The minimum Gasteiger partial charge on any atom is -0.492 e. The summed E-state index contributed by atoms with van der Waals surface area (Å²) in [6, 6.07) is 7.88. The maximum absolute atomic E-state index is 11.2. The zero-order chi connectivity index (χ0) is 14.4. The van der Waals surface area contributed by atoms with Crippen LogP contribution in [0.3, 0.4) is 0 Å². The Kier molecular flexibility index (Phi) is 5.38. The lowest BCUT2D eigenvalue weighted by Gasteiger charge is -2.34. The van der Waals surface area contributed by atoms with Crippen LogP contribution < -0.4 is 10.5 Å².